The van der Waals surface area contributed by atoms with E-state index in [1.54, 1.807) is 12.1 Å². The molecule has 0 atom stereocenters. The van der Waals surface area contributed by atoms with E-state index in [1.165, 1.54) is 0 Å². The van der Waals surface area contributed by atoms with Crippen molar-refractivity contribution in [2.24, 2.45) is 0 Å². The zero-order valence-electron chi connectivity index (χ0n) is 10.2. The Morgan fingerprint density at radius 1 is 0.941 bits per heavy atom. The average Bonchev–Trinajstić information content (AvgIpc) is 2.37. The van der Waals surface area contributed by atoms with Gasteiger partial charge in [-0.1, -0.05) is 19.6 Å². The summed E-state index contributed by atoms with van der Waals surface area (Å²) >= 11 is 0. The fourth-order valence-corrected chi connectivity index (χ4v) is 1.61. The normalized spacial score (nSPS) is 21.1. The molecule has 94 valence electrons. The first-order chi connectivity index (χ1) is 7.32. The lowest BCUT2D eigenvalue weighted by Crippen LogP contribution is -2.41. The highest BCUT2D eigenvalue weighted by Gasteiger charge is 2.51. The van der Waals surface area contributed by atoms with Crippen molar-refractivity contribution in [1.82, 2.24) is 0 Å². The van der Waals surface area contributed by atoms with Crippen LogP contribution in [0.4, 0.5) is 0 Å². The second-order valence-electron chi connectivity index (χ2n) is 5.18. The third-order valence-corrected chi connectivity index (χ3v) is 3.42. The molecule has 0 unspecified atom stereocenters. The van der Waals surface area contributed by atoms with Gasteiger partial charge in [-0.05, 0) is 45.3 Å². The molecule has 1 N–H and O–H groups in total. The Labute approximate surface area is 104 Å². The van der Waals surface area contributed by atoms with Crippen molar-refractivity contribution in [3.05, 3.63) is 24.3 Å². The maximum absolute atomic E-state index is 9.22. The number of rotatable bonds is 1. The van der Waals surface area contributed by atoms with E-state index >= 15 is 0 Å². The second kappa shape index (κ2) is 4.35. The Morgan fingerprint density at radius 2 is 1.35 bits per heavy atom. The van der Waals surface area contributed by atoms with Crippen molar-refractivity contribution >= 4 is 12.6 Å². The molecule has 0 amide bonds. The van der Waals surface area contributed by atoms with Crippen LogP contribution in [0, 0.1) is 0 Å². The molecule has 1 aromatic rings. The quantitative estimate of drug-likeness (QED) is 0.760. The Hall–Kier alpha value is -0.995. The highest BCUT2D eigenvalue weighted by molar-refractivity contribution is 6.62. The van der Waals surface area contributed by atoms with Crippen molar-refractivity contribution in [3.63, 3.8) is 0 Å². The third kappa shape index (κ3) is 2.48. The monoisotopic (exact) mass is 236 g/mol. The van der Waals surface area contributed by atoms with E-state index < -0.39 is 0 Å². The van der Waals surface area contributed by atoms with Crippen LogP contribution in [0.25, 0.3) is 0 Å². The summed E-state index contributed by atoms with van der Waals surface area (Å²) in [6, 6.07) is 6.91. The molecule has 1 heterocycles. The van der Waals surface area contributed by atoms with E-state index in [0.29, 0.717) is 0 Å². The molecule has 1 aliphatic rings. The minimum Gasteiger partial charge on any atom is -0.508 e. The van der Waals surface area contributed by atoms with E-state index in [1.807, 2.05) is 39.8 Å². The van der Waals surface area contributed by atoms with Crippen LogP contribution in [-0.2, 0) is 9.31 Å². The molecular formula is C13H21BO3. The Balaban J connectivity index is 0.00000144. The summed E-state index contributed by atoms with van der Waals surface area (Å²) in [5.74, 6) is 0.250. The fraction of sp³-hybridized carbons (Fsp3) is 0.538. The van der Waals surface area contributed by atoms with Gasteiger partial charge >= 0.3 is 7.12 Å². The Morgan fingerprint density at radius 3 is 1.76 bits per heavy atom. The Bertz CT molecular complexity index is 368. The van der Waals surface area contributed by atoms with Crippen LogP contribution >= 0.6 is 0 Å². The molecule has 2 rings (SSSR count). The Kier molecular flexibility index (Phi) is 3.60. The fourth-order valence-electron chi connectivity index (χ4n) is 1.61. The van der Waals surface area contributed by atoms with Crippen LogP contribution in [0.15, 0.2) is 24.3 Å². The van der Waals surface area contributed by atoms with Gasteiger partial charge < -0.3 is 14.4 Å². The van der Waals surface area contributed by atoms with Crippen LogP contribution in [0.3, 0.4) is 0 Å². The molecule has 0 radical (unpaired) electrons. The molecule has 3 nitrogen and oxygen atoms in total. The summed E-state index contributed by atoms with van der Waals surface area (Å²) in [5, 5.41) is 9.22. The summed E-state index contributed by atoms with van der Waals surface area (Å²) in [5.41, 5.74) is 0.280. The van der Waals surface area contributed by atoms with Crippen LogP contribution in [0.5, 0.6) is 5.75 Å². The number of aromatic hydroxyl groups is 1. The molecule has 0 saturated carbocycles. The largest absolute Gasteiger partial charge is 0.508 e. The minimum absolute atomic E-state index is 0. The lowest BCUT2D eigenvalue weighted by atomic mass is 9.79. The van der Waals surface area contributed by atoms with Crippen LogP contribution in [0.2, 0.25) is 0 Å². The number of hydrogen-bond donors (Lipinski definition) is 1. The van der Waals surface area contributed by atoms with Gasteiger partial charge in [-0.25, -0.2) is 0 Å². The first-order valence-corrected chi connectivity index (χ1v) is 5.46. The maximum Gasteiger partial charge on any atom is 0.494 e. The van der Waals surface area contributed by atoms with Gasteiger partial charge in [-0.2, -0.15) is 0 Å². The van der Waals surface area contributed by atoms with E-state index in [4.69, 9.17) is 9.31 Å². The van der Waals surface area contributed by atoms with Crippen molar-refractivity contribution < 1.29 is 14.4 Å². The van der Waals surface area contributed by atoms with Gasteiger partial charge in [0.05, 0.1) is 11.2 Å². The molecule has 1 saturated heterocycles. The number of hydrogen-bond acceptors (Lipinski definition) is 3. The van der Waals surface area contributed by atoms with Gasteiger partial charge in [0.1, 0.15) is 5.75 Å². The predicted molar refractivity (Wildman–Crippen MR) is 70.6 cm³/mol. The minimum atomic E-state index is -0.356. The van der Waals surface area contributed by atoms with Gasteiger partial charge in [0.25, 0.3) is 0 Å². The van der Waals surface area contributed by atoms with E-state index in [0.717, 1.165) is 5.46 Å². The van der Waals surface area contributed by atoms with Crippen LogP contribution in [-0.4, -0.2) is 23.4 Å². The summed E-state index contributed by atoms with van der Waals surface area (Å²) in [6.45, 7) is 8.08. The zero-order chi connectivity index (χ0) is 12.0. The van der Waals surface area contributed by atoms with E-state index in [2.05, 4.69) is 0 Å². The maximum atomic E-state index is 9.22. The van der Waals surface area contributed by atoms with E-state index in [-0.39, 0.29) is 31.5 Å². The summed E-state index contributed by atoms with van der Waals surface area (Å²) in [6.07, 6.45) is 0. The molecule has 1 aromatic carbocycles. The number of benzene rings is 1. The molecule has 0 aromatic heterocycles. The first-order valence-electron chi connectivity index (χ1n) is 5.46. The molecule has 0 spiro atoms. The molecule has 17 heavy (non-hydrogen) atoms. The van der Waals surface area contributed by atoms with E-state index in [9.17, 15) is 5.11 Å². The van der Waals surface area contributed by atoms with Gasteiger partial charge in [-0.3, -0.25) is 0 Å². The molecular weight excluding hydrogens is 215 g/mol. The standard InChI is InChI=1S/C12H17BO3.CH4/c1-11(2)12(3,4)16-13(15-11)9-5-7-10(14)8-6-9;/h5-8,14H,1-4H3;1H4. The lowest BCUT2D eigenvalue weighted by molar-refractivity contribution is 0.00578. The van der Waals surface area contributed by atoms with Gasteiger partial charge in [-0.15, -0.1) is 0 Å². The third-order valence-electron chi connectivity index (χ3n) is 3.42. The SMILES string of the molecule is C.CC1(C)OB(c2ccc(O)cc2)OC1(C)C. The molecule has 1 aliphatic heterocycles. The summed E-state index contributed by atoms with van der Waals surface area (Å²) in [4.78, 5) is 0. The summed E-state index contributed by atoms with van der Waals surface area (Å²) < 4.78 is 11.8. The zero-order valence-corrected chi connectivity index (χ0v) is 10.2. The second-order valence-corrected chi connectivity index (χ2v) is 5.18. The molecule has 0 aliphatic carbocycles. The first kappa shape index (κ1) is 14.1. The van der Waals surface area contributed by atoms with Crippen molar-refractivity contribution in [3.8, 4) is 5.75 Å². The van der Waals surface area contributed by atoms with Crippen LogP contribution in [0.1, 0.15) is 35.1 Å². The molecule has 0 bridgehead atoms. The van der Waals surface area contributed by atoms with Gasteiger partial charge in [0.2, 0.25) is 0 Å². The summed E-state index contributed by atoms with van der Waals surface area (Å²) in [7, 11) is -0.356. The van der Waals surface area contributed by atoms with Crippen molar-refractivity contribution in [1.29, 1.82) is 0 Å². The lowest BCUT2D eigenvalue weighted by Gasteiger charge is -2.32. The average molecular weight is 236 g/mol. The number of phenols is 1. The van der Waals surface area contributed by atoms with Crippen molar-refractivity contribution in [2.45, 2.75) is 46.3 Å². The smallest absolute Gasteiger partial charge is 0.494 e. The topological polar surface area (TPSA) is 38.7 Å². The highest BCUT2D eigenvalue weighted by Crippen LogP contribution is 2.36. The van der Waals surface area contributed by atoms with Gasteiger partial charge in [0, 0.05) is 0 Å². The van der Waals surface area contributed by atoms with Crippen molar-refractivity contribution in [2.75, 3.05) is 0 Å². The van der Waals surface area contributed by atoms with Gasteiger partial charge in [0.15, 0.2) is 0 Å². The number of phenolic OH excluding ortho intramolecular Hbond substituents is 1. The molecule has 1 fully saturated rings. The highest BCUT2D eigenvalue weighted by atomic mass is 16.7. The predicted octanol–water partition coefficient (Wildman–Crippen LogP) is 2.33. The molecule has 4 heteroatoms. The van der Waals surface area contributed by atoms with Crippen LogP contribution < -0.4 is 5.46 Å².